The normalized spacial score (nSPS) is 32.2. The van der Waals surface area contributed by atoms with Crippen molar-refractivity contribution in [2.75, 3.05) is 52.5 Å². The van der Waals surface area contributed by atoms with Gasteiger partial charge in [0.1, 0.15) is 30.7 Å². The number of nitrogens with zero attached hydrogens (tertiary/aromatic N) is 2. The molecule has 4 aliphatic rings. The van der Waals surface area contributed by atoms with E-state index >= 15 is 0 Å². The Labute approximate surface area is 246 Å². The smallest absolute Gasteiger partial charge is 0.223 e. The van der Waals surface area contributed by atoms with E-state index in [1.807, 2.05) is 4.90 Å². The van der Waals surface area contributed by atoms with Crippen molar-refractivity contribution in [2.45, 2.75) is 94.2 Å². The van der Waals surface area contributed by atoms with Gasteiger partial charge in [0.05, 0.1) is 18.8 Å². The molecule has 3 unspecified atom stereocenters. The van der Waals surface area contributed by atoms with Crippen molar-refractivity contribution in [3.8, 4) is 0 Å². The van der Waals surface area contributed by atoms with Gasteiger partial charge in [0, 0.05) is 77.0 Å². The van der Waals surface area contributed by atoms with Crippen molar-refractivity contribution in [2.24, 2.45) is 23.2 Å². The van der Waals surface area contributed by atoms with Gasteiger partial charge in [0.2, 0.25) is 12.3 Å². The number of halogens is 2. The van der Waals surface area contributed by atoms with Crippen LogP contribution in [0.5, 0.6) is 0 Å². The third kappa shape index (κ3) is 8.36. The number of rotatable bonds is 16. The number of hydrogen-bond acceptors (Lipinski definition) is 9. The van der Waals surface area contributed by atoms with Gasteiger partial charge in [-0.05, 0) is 43.4 Å². The van der Waals surface area contributed by atoms with Gasteiger partial charge in [0.25, 0.3) is 0 Å². The van der Waals surface area contributed by atoms with Crippen LogP contribution in [0, 0.1) is 23.2 Å². The van der Waals surface area contributed by atoms with E-state index in [9.17, 15) is 38.8 Å². The number of piperidine rings is 1. The number of hydrogen-bond donors (Lipinski definition) is 6. The molecule has 2 amide bonds. The molecule has 6 N–H and O–H groups in total. The summed E-state index contributed by atoms with van der Waals surface area (Å²) in [6, 6.07) is 0. The molecule has 42 heavy (non-hydrogen) atoms. The molecular weight excluding hydrogens is 556 g/mol. The molecule has 4 fully saturated rings. The molecule has 2 heterocycles. The van der Waals surface area contributed by atoms with Gasteiger partial charge in [-0.3, -0.25) is 9.59 Å². The molecular formula is C29H49F2N3O8. The standard InChI is InChI=1S/C29H49F2N3O8/c30-22-8-20(42-7-1-2-19-11-29(19)3-5-33(17-36)6-4-29)9-23(31)21(22)10-26(39)34-14-18(15-34)12-32-13-24(37)27(40)28(41)25(38)16-35/h17-25,27-28,32,35,37-38,40-41H,1-16H2/t19?,20?,21?,22?,23?,24-,25+,27+,28+/m0/s1. The molecule has 0 radical (unpaired) electrons. The van der Waals surface area contributed by atoms with Crippen LogP contribution in [0.2, 0.25) is 0 Å². The highest BCUT2D eigenvalue weighted by Gasteiger charge is 2.53. The molecule has 0 bridgehead atoms. The topological polar surface area (TPSA) is 163 Å². The quantitative estimate of drug-likeness (QED) is 0.0994. The first-order valence-corrected chi connectivity index (χ1v) is 15.5. The maximum Gasteiger partial charge on any atom is 0.223 e. The number of nitrogens with one attached hydrogen (secondary N) is 1. The maximum atomic E-state index is 14.9. The molecule has 2 aliphatic carbocycles. The number of ether oxygens (including phenoxy) is 1. The molecule has 242 valence electrons. The molecule has 0 aromatic heterocycles. The zero-order chi connectivity index (χ0) is 30.4. The zero-order valence-corrected chi connectivity index (χ0v) is 24.3. The van der Waals surface area contributed by atoms with E-state index in [0.717, 1.165) is 45.2 Å². The summed E-state index contributed by atoms with van der Waals surface area (Å²) >= 11 is 0. The minimum absolute atomic E-state index is 0.0676. The van der Waals surface area contributed by atoms with Crippen LogP contribution in [0.1, 0.15) is 51.4 Å². The Balaban J connectivity index is 1.06. The van der Waals surface area contributed by atoms with Crippen molar-refractivity contribution >= 4 is 12.3 Å². The first kappa shape index (κ1) is 33.4. The summed E-state index contributed by atoms with van der Waals surface area (Å²) in [6.07, 6.45) is -3.50. The molecule has 2 saturated carbocycles. The average molecular weight is 606 g/mol. The number of alkyl halides is 2. The lowest BCUT2D eigenvalue weighted by atomic mass is 9.81. The number of amides is 2. The highest BCUT2D eigenvalue weighted by atomic mass is 19.1. The van der Waals surface area contributed by atoms with Crippen LogP contribution < -0.4 is 5.32 Å². The zero-order valence-electron chi connectivity index (χ0n) is 24.3. The van der Waals surface area contributed by atoms with E-state index in [-0.39, 0.29) is 37.6 Å². The second-order valence-electron chi connectivity index (χ2n) is 13.0. The Hall–Kier alpha value is -1.48. The molecule has 13 heteroatoms. The molecule has 7 atom stereocenters. The van der Waals surface area contributed by atoms with Gasteiger partial charge in [-0.2, -0.15) is 0 Å². The SMILES string of the molecule is O=CN1CCC2(CC1)CC2CCCOC1CC(F)C(CC(=O)N2CC(CNC[C@H](O)[C@@H](O)[C@H](O)[C@H](O)CO)C2)C(F)C1. The van der Waals surface area contributed by atoms with Crippen LogP contribution in [0.15, 0.2) is 0 Å². The van der Waals surface area contributed by atoms with E-state index in [0.29, 0.717) is 37.6 Å². The van der Waals surface area contributed by atoms with Crippen LogP contribution in [0.25, 0.3) is 0 Å². The summed E-state index contributed by atoms with van der Waals surface area (Å²) in [6.45, 7) is 2.58. The van der Waals surface area contributed by atoms with Crippen LogP contribution in [0.3, 0.4) is 0 Å². The fourth-order valence-corrected chi connectivity index (χ4v) is 7.03. The lowest BCUT2D eigenvalue weighted by Crippen LogP contribution is -2.55. The van der Waals surface area contributed by atoms with Gasteiger partial charge in [0.15, 0.2) is 0 Å². The minimum Gasteiger partial charge on any atom is -0.394 e. The first-order valence-electron chi connectivity index (χ1n) is 15.5. The lowest BCUT2D eigenvalue weighted by molar-refractivity contribution is -0.141. The largest absolute Gasteiger partial charge is 0.394 e. The third-order valence-corrected chi connectivity index (χ3v) is 10.1. The lowest BCUT2D eigenvalue weighted by Gasteiger charge is -2.41. The fraction of sp³-hybridized carbons (Fsp3) is 0.931. The highest BCUT2D eigenvalue weighted by molar-refractivity contribution is 5.77. The first-order chi connectivity index (χ1) is 20.1. The van der Waals surface area contributed by atoms with Crippen molar-refractivity contribution in [1.29, 1.82) is 0 Å². The fourth-order valence-electron chi connectivity index (χ4n) is 7.03. The van der Waals surface area contributed by atoms with Crippen molar-refractivity contribution < 1.29 is 48.6 Å². The van der Waals surface area contributed by atoms with Crippen LogP contribution in [-0.4, -0.2) is 143 Å². The maximum absolute atomic E-state index is 14.9. The molecule has 2 saturated heterocycles. The number of likely N-dealkylation sites (tertiary alicyclic amines) is 2. The van der Waals surface area contributed by atoms with Gasteiger partial charge in [-0.25, -0.2) is 8.78 Å². The number of carbonyl (C=O) groups is 2. The molecule has 2 aliphatic heterocycles. The van der Waals surface area contributed by atoms with Crippen molar-refractivity contribution in [1.82, 2.24) is 15.1 Å². The molecule has 0 aromatic carbocycles. The third-order valence-electron chi connectivity index (χ3n) is 10.1. The number of aliphatic hydroxyl groups excluding tert-OH is 5. The van der Waals surface area contributed by atoms with Gasteiger partial charge < -0.3 is 45.4 Å². The second-order valence-corrected chi connectivity index (χ2v) is 13.0. The summed E-state index contributed by atoms with van der Waals surface area (Å²) in [5, 5.41) is 50.6. The Morgan fingerprint density at radius 2 is 1.69 bits per heavy atom. The van der Waals surface area contributed by atoms with E-state index in [1.165, 1.54) is 6.42 Å². The van der Waals surface area contributed by atoms with E-state index in [1.54, 1.807) is 4.90 Å². The van der Waals surface area contributed by atoms with E-state index < -0.39 is 55.4 Å². The monoisotopic (exact) mass is 605 g/mol. The number of carbonyl (C=O) groups excluding carboxylic acids is 2. The molecule has 0 aromatic rings. The summed E-state index contributed by atoms with van der Waals surface area (Å²) < 4.78 is 35.7. The Kier molecular flexibility index (Phi) is 11.9. The van der Waals surface area contributed by atoms with Crippen LogP contribution in [-0.2, 0) is 14.3 Å². The molecule has 4 rings (SSSR count). The summed E-state index contributed by atoms with van der Waals surface area (Å²) in [5.74, 6) is -0.528. The summed E-state index contributed by atoms with van der Waals surface area (Å²) in [4.78, 5) is 27.0. The predicted octanol–water partition coefficient (Wildman–Crippen LogP) is -0.629. The van der Waals surface area contributed by atoms with Crippen molar-refractivity contribution in [3.63, 3.8) is 0 Å². The van der Waals surface area contributed by atoms with Crippen molar-refractivity contribution in [3.05, 3.63) is 0 Å². The second kappa shape index (κ2) is 15.0. The Morgan fingerprint density at radius 3 is 2.31 bits per heavy atom. The Bertz CT molecular complexity index is 864. The summed E-state index contributed by atoms with van der Waals surface area (Å²) in [7, 11) is 0. The van der Waals surface area contributed by atoms with Gasteiger partial charge in [-0.15, -0.1) is 0 Å². The van der Waals surface area contributed by atoms with Gasteiger partial charge >= 0.3 is 0 Å². The highest BCUT2D eigenvalue weighted by Crippen LogP contribution is 2.61. The average Bonchev–Trinajstić information content (AvgIpc) is 3.63. The van der Waals surface area contributed by atoms with Crippen LogP contribution in [0.4, 0.5) is 8.78 Å². The molecule has 1 spiro atoms. The van der Waals surface area contributed by atoms with E-state index in [2.05, 4.69) is 5.32 Å². The van der Waals surface area contributed by atoms with Crippen LogP contribution >= 0.6 is 0 Å². The number of aliphatic hydroxyl groups is 5. The minimum atomic E-state index is -1.69. The summed E-state index contributed by atoms with van der Waals surface area (Å²) in [5.41, 5.74) is 0.383. The predicted molar refractivity (Wildman–Crippen MR) is 148 cm³/mol. The molecule has 11 nitrogen and oxygen atoms in total. The Morgan fingerprint density at radius 1 is 1.05 bits per heavy atom. The van der Waals surface area contributed by atoms with E-state index in [4.69, 9.17) is 9.84 Å². The van der Waals surface area contributed by atoms with Gasteiger partial charge in [-0.1, -0.05) is 0 Å².